The topological polar surface area (TPSA) is 39.7 Å². The van der Waals surface area contributed by atoms with Crippen LogP contribution < -0.4 is 19.5 Å². The van der Waals surface area contributed by atoms with E-state index in [1.807, 2.05) is 30.3 Å². The predicted octanol–water partition coefficient (Wildman–Crippen LogP) is 3.50. The van der Waals surface area contributed by atoms with Crippen molar-refractivity contribution in [1.82, 2.24) is 5.32 Å². The second-order valence-corrected chi connectivity index (χ2v) is 5.66. The highest BCUT2D eigenvalue weighted by Gasteiger charge is 2.14. The molecule has 1 heterocycles. The summed E-state index contributed by atoms with van der Waals surface area (Å²) in [5, 5.41) is 3.35. The van der Waals surface area contributed by atoms with Crippen LogP contribution in [0.3, 0.4) is 0 Å². The molecule has 0 bridgehead atoms. The monoisotopic (exact) mass is 313 g/mol. The van der Waals surface area contributed by atoms with Crippen LogP contribution in [0.5, 0.6) is 17.2 Å². The highest BCUT2D eigenvalue weighted by atomic mass is 16.5. The van der Waals surface area contributed by atoms with Gasteiger partial charge in [-0.2, -0.15) is 0 Å². The number of methoxy groups -OCH3 is 2. The third-order valence-electron chi connectivity index (χ3n) is 4.16. The molecule has 0 spiro atoms. The van der Waals surface area contributed by atoms with E-state index >= 15 is 0 Å². The highest BCUT2D eigenvalue weighted by molar-refractivity contribution is 5.72. The molecule has 1 fully saturated rings. The Morgan fingerprint density at radius 2 is 1.57 bits per heavy atom. The molecule has 2 aromatic rings. The maximum Gasteiger partial charge on any atom is 0.130 e. The van der Waals surface area contributed by atoms with E-state index in [4.69, 9.17) is 14.2 Å². The first-order valence-corrected chi connectivity index (χ1v) is 8.00. The molecular formula is C19H23NO3. The van der Waals surface area contributed by atoms with Crippen LogP contribution in [0.2, 0.25) is 0 Å². The van der Waals surface area contributed by atoms with E-state index in [0.717, 1.165) is 54.3 Å². The van der Waals surface area contributed by atoms with Crippen molar-refractivity contribution in [3.63, 3.8) is 0 Å². The maximum atomic E-state index is 6.05. The lowest BCUT2D eigenvalue weighted by atomic mass is 10.0. The van der Waals surface area contributed by atoms with Crippen molar-refractivity contribution in [2.75, 3.05) is 27.3 Å². The zero-order chi connectivity index (χ0) is 16.1. The normalized spacial score (nSPS) is 15.2. The number of nitrogens with one attached hydrogen (secondary N) is 1. The molecule has 0 aliphatic carbocycles. The van der Waals surface area contributed by atoms with Gasteiger partial charge in [0.2, 0.25) is 0 Å². The molecule has 4 nitrogen and oxygen atoms in total. The summed E-state index contributed by atoms with van der Waals surface area (Å²) in [5.74, 6) is 2.51. The Labute approximate surface area is 137 Å². The summed E-state index contributed by atoms with van der Waals surface area (Å²) in [6, 6.07) is 14.1. The Hall–Kier alpha value is -2.20. The SMILES string of the molecule is COc1ccc(-c2ccc(OC3CCNCC3)cc2)c(OC)c1. The minimum absolute atomic E-state index is 0.317. The third-order valence-corrected chi connectivity index (χ3v) is 4.16. The Bertz CT molecular complexity index is 634. The summed E-state index contributed by atoms with van der Waals surface area (Å²) in [4.78, 5) is 0. The zero-order valence-corrected chi connectivity index (χ0v) is 13.7. The van der Waals surface area contributed by atoms with Crippen LogP contribution in [0.15, 0.2) is 42.5 Å². The lowest BCUT2D eigenvalue weighted by molar-refractivity contribution is 0.162. The molecule has 0 atom stereocenters. The van der Waals surface area contributed by atoms with Gasteiger partial charge in [0.25, 0.3) is 0 Å². The fourth-order valence-electron chi connectivity index (χ4n) is 2.86. The van der Waals surface area contributed by atoms with Crippen molar-refractivity contribution < 1.29 is 14.2 Å². The van der Waals surface area contributed by atoms with Crippen molar-refractivity contribution in [1.29, 1.82) is 0 Å². The van der Waals surface area contributed by atoms with E-state index in [1.165, 1.54) is 0 Å². The van der Waals surface area contributed by atoms with Gasteiger partial charge in [0.05, 0.1) is 14.2 Å². The van der Waals surface area contributed by atoms with Gasteiger partial charge in [0, 0.05) is 11.6 Å². The molecule has 0 radical (unpaired) electrons. The van der Waals surface area contributed by atoms with Gasteiger partial charge in [-0.25, -0.2) is 0 Å². The van der Waals surface area contributed by atoms with Gasteiger partial charge in [-0.05, 0) is 55.8 Å². The molecule has 23 heavy (non-hydrogen) atoms. The molecule has 1 saturated heterocycles. The van der Waals surface area contributed by atoms with E-state index in [2.05, 4.69) is 17.4 Å². The Kier molecular flexibility index (Phi) is 5.03. The van der Waals surface area contributed by atoms with Crippen LogP contribution in [0.25, 0.3) is 11.1 Å². The average Bonchev–Trinajstić information content (AvgIpc) is 2.63. The molecule has 1 aliphatic rings. The van der Waals surface area contributed by atoms with Crippen LogP contribution >= 0.6 is 0 Å². The Balaban J connectivity index is 1.76. The summed E-state index contributed by atoms with van der Waals surface area (Å²) in [5.41, 5.74) is 2.14. The van der Waals surface area contributed by atoms with E-state index in [1.54, 1.807) is 14.2 Å². The largest absolute Gasteiger partial charge is 0.497 e. The molecule has 2 aromatic carbocycles. The molecule has 0 aromatic heterocycles. The predicted molar refractivity (Wildman–Crippen MR) is 91.5 cm³/mol. The molecule has 0 saturated carbocycles. The first-order chi connectivity index (χ1) is 11.3. The van der Waals surface area contributed by atoms with Gasteiger partial charge >= 0.3 is 0 Å². The van der Waals surface area contributed by atoms with Crippen LogP contribution in [-0.2, 0) is 0 Å². The number of hydrogen-bond donors (Lipinski definition) is 1. The Morgan fingerprint density at radius 1 is 0.870 bits per heavy atom. The Morgan fingerprint density at radius 3 is 2.22 bits per heavy atom. The standard InChI is InChI=1S/C19H23NO3/c1-21-17-7-8-18(19(13-17)22-2)14-3-5-15(6-4-14)23-16-9-11-20-12-10-16/h3-8,13,16,20H,9-12H2,1-2H3. The second kappa shape index (κ2) is 7.38. The fourth-order valence-corrected chi connectivity index (χ4v) is 2.86. The molecular weight excluding hydrogens is 290 g/mol. The van der Waals surface area contributed by atoms with Gasteiger partial charge in [0.15, 0.2) is 0 Å². The van der Waals surface area contributed by atoms with Gasteiger partial charge in [-0.1, -0.05) is 12.1 Å². The van der Waals surface area contributed by atoms with Gasteiger partial charge in [-0.3, -0.25) is 0 Å². The number of hydrogen-bond acceptors (Lipinski definition) is 4. The smallest absolute Gasteiger partial charge is 0.130 e. The summed E-state index contributed by atoms with van der Waals surface area (Å²) in [6.45, 7) is 2.07. The quantitative estimate of drug-likeness (QED) is 0.917. The summed E-state index contributed by atoms with van der Waals surface area (Å²) in [7, 11) is 3.33. The van der Waals surface area contributed by atoms with E-state index in [9.17, 15) is 0 Å². The molecule has 1 aliphatic heterocycles. The van der Waals surface area contributed by atoms with E-state index in [0.29, 0.717) is 6.10 Å². The van der Waals surface area contributed by atoms with Gasteiger partial charge in [0.1, 0.15) is 23.4 Å². The first-order valence-electron chi connectivity index (χ1n) is 8.00. The summed E-state index contributed by atoms with van der Waals surface area (Å²) in [6.07, 6.45) is 2.44. The van der Waals surface area contributed by atoms with Crippen LogP contribution in [-0.4, -0.2) is 33.4 Å². The molecule has 1 N–H and O–H groups in total. The fraction of sp³-hybridized carbons (Fsp3) is 0.368. The van der Waals surface area contributed by atoms with Crippen molar-refractivity contribution in [3.8, 4) is 28.4 Å². The van der Waals surface area contributed by atoms with Crippen molar-refractivity contribution in [2.45, 2.75) is 18.9 Å². The van der Waals surface area contributed by atoms with Gasteiger partial charge < -0.3 is 19.5 Å². The summed E-state index contributed by atoms with van der Waals surface area (Å²) < 4.78 is 16.8. The lowest BCUT2D eigenvalue weighted by Gasteiger charge is -2.23. The van der Waals surface area contributed by atoms with Crippen molar-refractivity contribution in [3.05, 3.63) is 42.5 Å². The molecule has 0 unspecified atom stereocenters. The van der Waals surface area contributed by atoms with Crippen LogP contribution in [0.4, 0.5) is 0 Å². The zero-order valence-electron chi connectivity index (χ0n) is 13.7. The van der Waals surface area contributed by atoms with Crippen LogP contribution in [0, 0.1) is 0 Å². The number of ether oxygens (including phenoxy) is 3. The first kappa shape index (κ1) is 15.7. The second-order valence-electron chi connectivity index (χ2n) is 5.66. The van der Waals surface area contributed by atoms with Crippen molar-refractivity contribution in [2.24, 2.45) is 0 Å². The summed E-state index contributed by atoms with van der Waals surface area (Å²) >= 11 is 0. The highest BCUT2D eigenvalue weighted by Crippen LogP contribution is 2.34. The number of benzene rings is 2. The molecule has 4 heteroatoms. The maximum absolute atomic E-state index is 6.05. The average molecular weight is 313 g/mol. The van der Waals surface area contributed by atoms with E-state index in [-0.39, 0.29) is 0 Å². The molecule has 3 rings (SSSR count). The number of piperidine rings is 1. The minimum atomic E-state index is 0.317. The van der Waals surface area contributed by atoms with Crippen LogP contribution in [0.1, 0.15) is 12.8 Å². The van der Waals surface area contributed by atoms with Gasteiger partial charge in [-0.15, -0.1) is 0 Å². The van der Waals surface area contributed by atoms with Crippen molar-refractivity contribution >= 4 is 0 Å². The molecule has 122 valence electrons. The molecule has 0 amide bonds. The third kappa shape index (κ3) is 3.77. The number of rotatable bonds is 5. The van der Waals surface area contributed by atoms with E-state index < -0.39 is 0 Å². The lowest BCUT2D eigenvalue weighted by Crippen LogP contribution is -2.34. The minimum Gasteiger partial charge on any atom is -0.497 e.